The van der Waals surface area contributed by atoms with Crippen LogP contribution in [0.5, 0.6) is 0 Å². The molecule has 0 aliphatic heterocycles. The van der Waals surface area contributed by atoms with Gasteiger partial charge in [0.25, 0.3) is 10.1 Å². The maximum Gasteiger partial charge on any atom is 0.295 e. The Labute approximate surface area is 105 Å². The first-order chi connectivity index (χ1) is 8.38. The number of benzene rings is 2. The van der Waals surface area contributed by atoms with Crippen LogP contribution < -0.4 is 11.5 Å². The Kier molecular flexibility index (Phi) is 2.98. The predicted molar refractivity (Wildman–Crippen MR) is 70.5 cm³/mol. The third-order valence-electron chi connectivity index (χ3n) is 2.48. The van der Waals surface area contributed by atoms with E-state index in [0.29, 0.717) is 22.5 Å². The summed E-state index contributed by atoms with van der Waals surface area (Å²) in [7, 11) is -4.31. The Bertz CT molecular complexity index is 696. The van der Waals surface area contributed by atoms with Crippen molar-refractivity contribution in [3.05, 3.63) is 42.5 Å². The quantitative estimate of drug-likeness (QED) is 0.566. The largest absolute Gasteiger partial charge is 0.399 e. The van der Waals surface area contributed by atoms with Crippen LogP contribution in [0, 0.1) is 0 Å². The monoisotopic (exact) mass is 264 g/mol. The van der Waals surface area contributed by atoms with E-state index in [2.05, 4.69) is 0 Å². The molecule has 5 nitrogen and oxygen atoms in total. The Balaban J connectivity index is 2.74. The highest BCUT2D eigenvalue weighted by Crippen LogP contribution is 2.30. The molecule has 0 aliphatic carbocycles. The lowest BCUT2D eigenvalue weighted by Gasteiger charge is -2.09. The molecule has 18 heavy (non-hydrogen) atoms. The first-order valence-corrected chi connectivity index (χ1v) is 6.55. The average Bonchev–Trinajstić information content (AvgIpc) is 2.27. The van der Waals surface area contributed by atoms with Crippen LogP contribution >= 0.6 is 0 Å². The van der Waals surface area contributed by atoms with E-state index in [9.17, 15) is 13.0 Å². The minimum Gasteiger partial charge on any atom is -0.399 e. The molecule has 0 amide bonds. The zero-order valence-corrected chi connectivity index (χ0v) is 10.2. The van der Waals surface area contributed by atoms with Gasteiger partial charge in [-0.15, -0.1) is 0 Å². The fourth-order valence-corrected chi connectivity index (χ4v) is 2.40. The van der Waals surface area contributed by atoms with Crippen LogP contribution in [0.4, 0.5) is 11.4 Å². The van der Waals surface area contributed by atoms with Gasteiger partial charge >= 0.3 is 0 Å². The molecular formula is C12H12N2O3S. The van der Waals surface area contributed by atoms with E-state index in [-0.39, 0.29) is 4.90 Å². The standard InChI is InChI=1S/C12H12N2O3S/c13-9-3-1-2-8(6-9)11-7-10(14)4-5-12(11)18(15,16)17/h1-7H,13-14H2,(H,15,16,17). The molecule has 2 aromatic carbocycles. The minimum atomic E-state index is -4.31. The number of hydrogen-bond donors (Lipinski definition) is 3. The van der Waals surface area contributed by atoms with Crippen LogP contribution in [-0.4, -0.2) is 13.0 Å². The summed E-state index contributed by atoms with van der Waals surface area (Å²) in [5.41, 5.74) is 13.1. The van der Waals surface area contributed by atoms with Crippen molar-refractivity contribution in [2.75, 3.05) is 11.5 Å². The van der Waals surface area contributed by atoms with Gasteiger partial charge in [-0.05, 0) is 35.9 Å². The summed E-state index contributed by atoms with van der Waals surface area (Å²) in [5, 5.41) is 0. The van der Waals surface area contributed by atoms with Crippen LogP contribution in [-0.2, 0) is 10.1 Å². The molecule has 0 aliphatic rings. The predicted octanol–water partition coefficient (Wildman–Crippen LogP) is 1.76. The van der Waals surface area contributed by atoms with Gasteiger partial charge < -0.3 is 11.5 Å². The summed E-state index contributed by atoms with van der Waals surface area (Å²) in [6.45, 7) is 0. The van der Waals surface area contributed by atoms with E-state index < -0.39 is 10.1 Å². The lowest BCUT2D eigenvalue weighted by Crippen LogP contribution is -2.02. The highest BCUT2D eigenvalue weighted by Gasteiger charge is 2.16. The van der Waals surface area contributed by atoms with Crippen molar-refractivity contribution in [1.82, 2.24) is 0 Å². The lowest BCUT2D eigenvalue weighted by molar-refractivity contribution is 0.483. The molecule has 0 saturated carbocycles. The van der Waals surface area contributed by atoms with Gasteiger partial charge in [0.2, 0.25) is 0 Å². The molecule has 2 rings (SSSR count). The average molecular weight is 264 g/mol. The summed E-state index contributed by atoms with van der Waals surface area (Å²) in [4.78, 5) is -0.192. The molecule has 0 aromatic heterocycles. The zero-order chi connectivity index (χ0) is 13.3. The Morgan fingerprint density at radius 1 is 0.944 bits per heavy atom. The second kappa shape index (κ2) is 4.32. The molecule has 6 heteroatoms. The Hall–Kier alpha value is -2.05. The number of nitrogens with two attached hydrogens (primary N) is 2. The molecule has 0 atom stereocenters. The molecule has 94 valence electrons. The highest BCUT2D eigenvalue weighted by molar-refractivity contribution is 7.86. The van der Waals surface area contributed by atoms with Crippen molar-refractivity contribution in [1.29, 1.82) is 0 Å². The third-order valence-corrected chi connectivity index (χ3v) is 3.39. The molecule has 2 aromatic rings. The van der Waals surface area contributed by atoms with E-state index in [1.165, 1.54) is 18.2 Å². The van der Waals surface area contributed by atoms with E-state index in [1.807, 2.05) is 0 Å². The highest BCUT2D eigenvalue weighted by atomic mass is 32.2. The lowest BCUT2D eigenvalue weighted by atomic mass is 10.0. The van der Waals surface area contributed by atoms with Crippen LogP contribution in [0.15, 0.2) is 47.4 Å². The van der Waals surface area contributed by atoms with Gasteiger partial charge in [0.05, 0.1) is 0 Å². The third kappa shape index (κ3) is 2.44. The van der Waals surface area contributed by atoms with Crippen LogP contribution in [0.2, 0.25) is 0 Å². The molecule has 0 saturated heterocycles. The van der Waals surface area contributed by atoms with Gasteiger partial charge in [-0.25, -0.2) is 0 Å². The van der Waals surface area contributed by atoms with Crippen molar-refractivity contribution in [2.45, 2.75) is 4.90 Å². The SMILES string of the molecule is Nc1cccc(-c2cc(N)ccc2S(=O)(=O)O)c1. The smallest absolute Gasteiger partial charge is 0.295 e. The molecule has 0 fully saturated rings. The van der Waals surface area contributed by atoms with E-state index >= 15 is 0 Å². The summed E-state index contributed by atoms with van der Waals surface area (Å²) in [6.07, 6.45) is 0. The summed E-state index contributed by atoms with van der Waals surface area (Å²) in [5.74, 6) is 0. The van der Waals surface area contributed by atoms with Crippen molar-refractivity contribution < 1.29 is 13.0 Å². The molecule has 0 unspecified atom stereocenters. The van der Waals surface area contributed by atoms with Crippen LogP contribution in [0.25, 0.3) is 11.1 Å². The van der Waals surface area contributed by atoms with E-state index in [0.717, 1.165) is 0 Å². The summed E-state index contributed by atoms with van der Waals surface area (Å²) in [6, 6.07) is 10.9. The molecule has 0 spiro atoms. The maximum absolute atomic E-state index is 11.3. The van der Waals surface area contributed by atoms with Crippen LogP contribution in [0.1, 0.15) is 0 Å². The van der Waals surface area contributed by atoms with E-state index in [1.54, 1.807) is 24.3 Å². The fraction of sp³-hybridized carbons (Fsp3) is 0. The fourth-order valence-electron chi connectivity index (χ4n) is 1.70. The molecular weight excluding hydrogens is 252 g/mol. The summed E-state index contributed by atoms with van der Waals surface area (Å²) < 4.78 is 31.8. The molecule has 0 bridgehead atoms. The van der Waals surface area contributed by atoms with Gasteiger partial charge in [-0.2, -0.15) is 8.42 Å². The first kappa shape index (κ1) is 12.4. The van der Waals surface area contributed by atoms with Crippen molar-refractivity contribution in [3.63, 3.8) is 0 Å². The molecule has 5 N–H and O–H groups in total. The maximum atomic E-state index is 11.3. The van der Waals surface area contributed by atoms with E-state index in [4.69, 9.17) is 11.5 Å². The zero-order valence-electron chi connectivity index (χ0n) is 9.37. The van der Waals surface area contributed by atoms with Gasteiger partial charge in [0.1, 0.15) is 4.90 Å². The second-order valence-electron chi connectivity index (χ2n) is 3.86. The van der Waals surface area contributed by atoms with Crippen molar-refractivity contribution >= 4 is 21.5 Å². The number of nitrogen functional groups attached to an aromatic ring is 2. The summed E-state index contributed by atoms with van der Waals surface area (Å²) >= 11 is 0. The molecule has 0 heterocycles. The van der Waals surface area contributed by atoms with Gasteiger partial charge in [0, 0.05) is 16.9 Å². The normalized spacial score (nSPS) is 11.4. The Morgan fingerprint density at radius 3 is 2.22 bits per heavy atom. The topological polar surface area (TPSA) is 106 Å². The van der Waals surface area contributed by atoms with Crippen molar-refractivity contribution in [3.8, 4) is 11.1 Å². The number of anilines is 2. The van der Waals surface area contributed by atoms with Crippen molar-refractivity contribution in [2.24, 2.45) is 0 Å². The number of rotatable bonds is 2. The Morgan fingerprint density at radius 2 is 1.61 bits per heavy atom. The number of hydrogen-bond acceptors (Lipinski definition) is 4. The van der Waals surface area contributed by atoms with Crippen LogP contribution in [0.3, 0.4) is 0 Å². The molecule has 0 radical (unpaired) electrons. The minimum absolute atomic E-state index is 0.192. The van der Waals surface area contributed by atoms with Gasteiger partial charge in [-0.1, -0.05) is 12.1 Å². The second-order valence-corrected chi connectivity index (χ2v) is 5.25. The van der Waals surface area contributed by atoms with Gasteiger partial charge in [-0.3, -0.25) is 4.55 Å². The first-order valence-electron chi connectivity index (χ1n) is 5.11. The van der Waals surface area contributed by atoms with Gasteiger partial charge in [0.15, 0.2) is 0 Å².